The largest absolute Gasteiger partial charge is 0.497 e. The monoisotopic (exact) mass is 386 g/mol. The number of carbonyl (C=O) groups is 2. The molecule has 0 unspecified atom stereocenters. The number of amides is 2. The first kappa shape index (κ1) is 20.2. The Morgan fingerprint density at radius 3 is 2.61 bits per heavy atom. The number of likely N-dealkylation sites (tertiary alicyclic amines) is 1. The van der Waals surface area contributed by atoms with Crippen LogP contribution in [0.25, 0.3) is 0 Å². The van der Waals surface area contributed by atoms with Crippen LogP contribution in [0.2, 0.25) is 0 Å². The average molecular weight is 386 g/mol. The average Bonchev–Trinajstić information content (AvgIpc) is 3.27. The number of anilines is 1. The van der Waals surface area contributed by atoms with Crippen LogP contribution < -0.4 is 14.8 Å². The number of methoxy groups -OCH3 is 2. The zero-order chi connectivity index (χ0) is 19.9. The molecule has 0 atom stereocenters. The minimum atomic E-state index is -0.0157. The highest BCUT2D eigenvalue weighted by Gasteiger charge is 2.26. The minimum absolute atomic E-state index is 0.0157. The molecule has 0 bridgehead atoms. The molecule has 1 N–H and O–H groups in total. The van der Waals surface area contributed by atoms with E-state index in [-0.39, 0.29) is 11.8 Å². The van der Waals surface area contributed by atoms with Gasteiger partial charge in [0.15, 0.2) is 0 Å². The van der Waals surface area contributed by atoms with E-state index >= 15 is 0 Å². The van der Waals surface area contributed by atoms with E-state index in [0.717, 1.165) is 57.2 Å². The highest BCUT2D eigenvalue weighted by atomic mass is 16.5. The van der Waals surface area contributed by atoms with Gasteiger partial charge in [0.1, 0.15) is 11.5 Å². The lowest BCUT2D eigenvalue weighted by Gasteiger charge is -2.32. The molecule has 1 aliphatic carbocycles. The molecular weight excluding hydrogens is 356 g/mol. The van der Waals surface area contributed by atoms with Crippen molar-refractivity contribution in [2.45, 2.75) is 44.9 Å². The SMILES string of the molecule is COc1ccc(NC(=O)CCC2CCN(C(=O)C3=CCCC3)CC2)c(OC)c1. The van der Waals surface area contributed by atoms with Crippen LogP contribution in [0, 0.1) is 5.92 Å². The van der Waals surface area contributed by atoms with Crippen LogP contribution in [-0.2, 0) is 9.59 Å². The maximum atomic E-state index is 12.5. The normalized spacial score (nSPS) is 17.2. The molecule has 2 amide bonds. The van der Waals surface area contributed by atoms with E-state index in [1.165, 1.54) is 0 Å². The molecule has 1 fully saturated rings. The summed E-state index contributed by atoms with van der Waals surface area (Å²) in [6.45, 7) is 1.60. The summed E-state index contributed by atoms with van der Waals surface area (Å²) >= 11 is 0. The zero-order valence-corrected chi connectivity index (χ0v) is 16.8. The molecule has 1 heterocycles. The number of nitrogens with zero attached hydrogens (tertiary/aromatic N) is 1. The number of hydrogen-bond acceptors (Lipinski definition) is 4. The molecule has 0 spiro atoms. The van der Waals surface area contributed by atoms with Gasteiger partial charge in [-0.2, -0.15) is 0 Å². The van der Waals surface area contributed by atoms with Crippen LogP contribution in [0.3, 0.4) is 0 Å². The summed E-state index contributed by atoms with van der Waals surface area (Å²) in [6.07, 6.45) is 8.40. The van der Waals surface area contributed by atoms with E-state index in [0.29, 0.717) is 29.5 Å². The summed E-state index contributed by atoms with van der Waals surface area (Å²) in [6, 6.07) is 5.34. The fraction of sp³-hybridized carbons (Fsp3) is 0.545. The van der Waals surface area contributed by atoms with Crippen LogP contribution in [0.4, 0.5) is 5.69 Å². The number of nitrogens with one attached hydrogen (secondary N) is 1. The van der Waals surface area contributed by atoms with E-state index < -0.39 is 0 Å². The lowest BCUT2D eigenvalue weighted by Crippen LogP contribution is -2.39. The molecule has 1 aromatic carbocycles. The Hall–Kier alpha value is -2.50. The van der Waals surface area contributed by atoms with Crippen molar-refractivity contribution in [1.29, 1.82) is 0 Å². The Bertz CT molecular complexity index is 736. The van der Waals surface area contributed by atoms with Gasteiger partial charge in [-0.1, -0.05) is 6.08 Å². The molecule has 0 aromatic heterocycles. The Morgan fingerprint density at radius 1 is 1.18 bits per heavy atom. The fourth-order valence-corrected chi connectivity index (χ4v) is 3.94. The second-order valence-electron chi connectivity index (χ2n) is 7.51. The Kier molecular flexibility index (Phi) is 6.95. The first-order valence-electron chi connectivity index (χ1n) is 10.1. The summed E-state index contributed by atoms with van der Waals surface area (Å²) < 4.78 is 10.5. The first-order valence-corrected chi connectivity index (χ1v) is 10.1. The second kappa shape index (κ2) is 9.62. The molecule has 0 radical (unpaired) electrons. The van der Waals surface area contributed by atoms with Crippen LogP contribution in [0.15, 0.2) is 29.8 Å². The molecule has 2 aliphatic rings. The van der Waals surface area contributed by atoms with Gasteiger partial charge in [0.25, 0.3) is 0 Å². The third-order valence-corrected chi connectivity index (χ3v) is 5.68. The van der Waals surface area contributed by atoms with E-state index in [1.54, 1.807) is 32.4 Å². The molecule has 152 valence electrons. The minimum Gasteiger partial charge on any atom is -0.497 e. The zero-order valence-electron chi connectivity index (χ0n) is 16.8. The molecule has 1 saturated heterocycles. The van der Waals surface area contributed by atoms with Gasteiger partial charge in [-0.25, -0.2) is 0 Å². The van der Waals surface area contributed by atoms with Crippen LogP contribution >= 0.6 is 0 Å². The lowest BCUT2D eigenvalue weighted by atomic mass is 9.91. The predicted molar refractivity (Wildman–Crippen MR) is 109 cm³/mol. The number of rotatable bonds is 7. The van der Waals surface area contributed by atoms with Crippen molar-refractivity contribution in [1.82, 2.24) is 4.90 Å². The number of carbonyl (C=O) groups excluding carboxylic acids is 2. The first-order chi connectivity index (χ1) is 13.6. The van der Waals surface area contributed by atoms with Gasteiger partial charge < -0.3 is 19.7 Å². The predicted octanol–water partition coefficient (Wildman–Crippen LogP) is 3.77. The molecule has 3 rings (SSSR count). The van der Waals surface area contributed by atoms with Crippen molar-refractivity contribution in [3.8, 4) is 11.5 Å². The summed E-state index contributed by atoms with van der Waals surface area (Å²) in [4.78, 5) is 26.8. The van der Waals surface area contributed by atoms with Gasteiger partial charge in [0.2, 0.25) is 11.8 Å². The van der Waals surface area contributed by atoms with E-state index in [1.807, 2.05) is 4.90 Å². The Labute approximate surface area is 166 Å². The maximum Gasteiger partial charge on any atom is 0.249 e. The Balaban J connectivity index is 1.43. The van der Waals surface area contributed by atoms with Gasteiger partial charge >= 0.3 is 0 Å². The van der Waals surface area contributed by atoms with Gasteiger partial charge in [0, 0.05) is 31.1 Å². The second-order valence-corrected chi connectivity index (χ2v) is 7.51. The standard InChI is InChI=1S/C22H30N2O4/c1-27-18-8-9-19(20(15-18)28-2)23-21(25)10-7-16-11-13-24(14-12-16)22(26)17-5-3-4-6-17/h5,8-9,15-16H,3-4,6-7,10-14H2,1-2H3,(H,23,25). The number of piperidine rings is 1. The lowest BCUT2D eigenvalue weighted by molar-refractivity contribution is -0.128. The van der Waals surface area contributed by atoms with Crippen molar-refractivity contribution in [2.75, 3.05) is 32.6 Å². The highest BCUT2D eigenvalue weighted by Crippen LogP contribution is 2.30. The van der Waals surface area contributed by atoms with E-state index in [4.69, 9.17) is 9.47 Å². The molecule has 28 heavy (non-hydrogen) atoms. The molecule has 0 saturated carbocycles. The van der Waals surface area contributed by atoms with E-state index in [9.17, 15) is 9.59 Å². The van der Waals surface area contributed by atoms with Crippen LogP contribution in [0.1, 0.15) is 44.9 Å². The topological polar surface area (TPSA) is 67.9 Å². The van der Waals surface area contributed by atoms with Gasteiger partial charge in [-0.15, -0.1) is 0 Å². The Morgan fingerprint density at radius 2 is 1.96 bits per heavy atom. The number of ether oxygens (including phenoxy) is 2. The van der Waals surface area contributed by atoms with Crippen LogP contribution in [0.5, 0.6) is 11.5 Å². The van der Waals surface area contributed by atoms with E-state index in [2.05, 4.69) is 11.4 Å². The summed E-state index contributed by atoms with van der Waals surface area (Å²) in [5.74, 6) is 1.97. The van der Waals surface area contributed by atoms with Crippen molar-refractivity contribution in [3.63, 3.8) is 0 Å². The number of hydrogen-bond donors (Lipinski definition) is 1. The van der Waals surface area contributed by atoms with Gasteiger partial charge in [0.05, 0.1) is 19.9 Å². The fourth-order valence-electron chi connectivity index (χ4n) is 3.94. The number of allylic oxidation sites excluding steroid dienone is 1. The molecule has 6 heteroatoms. The molecule has 6 nitrogen and oxygen atoms in total. The van der Waals surface area contributed by atoms with Gasteiger partial charge in [-0.3, -0.25) is 9.59 Å². The van der Waals surface area contributed by atoms with Crippen molar-refractivity contribution in [3.05, 3.63) is 29.8 Å². The van der Waals surface area contributed by atoms with Crippen molar-refractivity contribution in [2.24, 2.45) is 5.92 Å². The molecular formula is C22H30N2O4. The van der Waals surface area contributed by atoms with Gasteiger partial charge in [-0.05, 0) is 56.6 Å². The smallest absolute Gasteiger partial charge is 0.249 e. The third kappa shape index (κ3) is 5.06. The highest BCUT2D eigenvalue weighted by molar-refractivity contribution is 5.94. The van der Waals surface area contributed by atoms with Crippen molar-refractivity contribution < 1.29 is 19.1 Å². The van der Waals surface area contributed by atoms with Crippen molar-refractivity contribution >= 4 is 17.5 Å². The molecule has 1 aromatic rings. The summed E-state index contributed by atoms with van der Waals surface area (Å²) in [7, 11) is 3.16. The molecule has 1 aliphatic heterocycles. The quantitative estimate of drug-likeness (QED) is 0.775. The third-order valence-electron chi connectivity index (χ3n) is 5.68. The number of benzene rings is 1. The summed E-state index contributed by atoms with van der Waals surface area (Å²) in [5, 5.41) is 2.92. The maximum absolute atomic E-state index is 12.5. The summed E-state index contributed by atoms with van der Waals surface area (Å²) in [5.41, 5.74) is 1.64. The van der Waals surface area contributed by atoms with Crippen LogP contribution in [-0.4, -0.2) is 44.0 Å².